The molecule has 0 saturated heterocycles. The number of benzene rings is 1. The molecule has 0 bridgehead atoms. The smallest absolute Gasteiger partial charge is 0.338 e. The third-order valence-corrected chi connectivity index (χ3v) is 2.59. The molecule has 18 heavy (non-hydrogen) atoms. The Bertz CT molecular complexity index is 458. The fraction of sp³-hybridized carbons (Fsp3) is 0.385. The SMILES string of the molecule is CCOC(=O)c1ccc(Cl)c(NC(=O)C(C)C)c1. The molecule has 0 atom stereocenters. The largest absolute Gasteiger partial charge is 0.462 e. The molecule has 1 amide bonds. The normalized spacial score (nSPS) is 10.3. The molecule has 1 aromatic rings. The van der Waals surface area contributed by atoms with Gasteiger partial charge in [-0.3, -0.25) is 4.79 Å². The summed E-state index contributed by atoms with van der Waals surface area (Å²) in [6.07, 6.45) is 0. The van der Waals surface area contributed by atoms with Crippen molar-refractivity contribution < 1.29 is 14.3 Å². The Hall–Kier alpha value is -1.55. The van der Waals surface area contributed by atoms with E-state index >= 15 is 0 Å². The maximum atomic E-state index is 11.6. The average molecular weight is 270 g/mol. The zero-order chi connectivity index (χ0) is 13.7. The summed E-state index contributed by atoms with van der Waals surface area (Å²) in [7, 11) is 0. The number of carbonyl (C=O) groups is 2. The number of nitrogens with one attached hydrogen (secondary N) is 1. The number of rotatable bonds is 4. The molecule has 4 nitrogen and oxygen atoms in total. The molecule has 1 aromatic carbocycles. The van der Waals surface area contributed by atoms with Crippen LogP contribution in [0.5, 0.6) is 0 Å². The van der Waals surface area contributed by atoms with Crippen molar-refractivity contribution in [3.05, 3.63) is 28.8 Å². The molecule has 1 N–H and O–H groups in total. The standard InChI is InChI=1S/C13H16ClNO3/c1-4-18-13(17)9-5-6-10(14)11(7-9)15-12(16)8(2)3/h5-8H,4H2,1-3H3,(H,15,16). The Morgan fingerprint density at radius 2 is 2.06 bits per heavy atom. The maximum Gasteiger partial charge on any atom is 0.338 e. The summed E-state index contributed by atoms with van der Waals surface area (Å²) < 4.78 is 4.88. The Kier molecular flexibility index (Phi) is 5.16. The van der Waals surface area contributed by atoms with Gasteiger partial charge in [0.15, 0.2) is 0 Å². The predicted octanol–water partition coefficient (Wildman–Crippen LogP) is 3.11. The molecule has 0 saturated carbocycles. The van der Waals surface area contributed by atoms with Crippen LogP contribution >= 0.6 is 11.6 Å². The van der Waals surface area contributed by atoms with E-state index in [-0.39, 0.29) is 11.8 Å². The van der Waals surface area contributed by atoms with Crippen LogP contribution < -0.4 is 5.32 Å². The molecule has 0 aliphatic heterocycles. The van der Waals surface area contributed by atoms with Crippen LogP contribution in [-0.2, 0) is 9.53 Å². The van der Waals surface area contributed by atoms with Gasteiger partial charge in [0.2, 0.25) is 5.91 Å². The van der Waals surface area contributed by atoms with Crippen LogP contribution in [-0.4, -0.2) is 18.5 Å². The number of hydrogen-bond acceptors (Lipinski definition) is 3. The summed E-state index contributed by atoms with van der Waals surface area (Å²) in [6.45, 7) is 5.58. The van der Waals surface area contributed by atoms with Crippen molar-refractivity contribution in [2.45, 2.75) is 20.8 Å². The number of ether oxygens (including phenoxy) is 1. The van der Waals surface area contributed by atoms with Crippen LogP contribution in [0.3, 0.4) is 0 Å². The molecule has 0 spiro atoms. The first-order chi connectivity index (χ1) is 8.45. The first-order valence-corrected chi connectivity index (χ1v) is 6.11. The molecular weight excluding hydrogens is 254 g/mol. The highest BCUT2D eigenvalue weighted by atomic mass is 35.5. The zero-order valence-corrected chi connectivity index (χ0v) is 11.4. The number of amides is 1. The molecule has 5 heteroatoms. The van der Waals surface area contributed by atoms with Gasteiger partial charge in [-0.05, 0) is 25.1 Å². The van der Waals surface area contributed by atoms with Gasteiger partial charge in [-0.15, -0.1) is 0 Å². The highest BCUT2D eigenvalue weighted by Crippen LogP contribution is 2.24. The summed E-state index contributed by atoms with van der Waals surface area (Å²) >= 11 is 5.96. The van der Waals surface area contributed by atoms with E-state index in [0.717, 1.165) is 0 Å². The van der Waals surface area contributed by atoms with Crippen LogP contribution in [0.25, 0.3) is 0 Å². The lowest BCUT2D eigenvalue weighted by atomic mass is 10.1. The van der Waals surface area contributed by atoms with Crippen molar-refractivity contribution in [1.82, 2.24) is 0 Å². The topological polar surface area (TPSA) is 55.4 Å². The van der Waals surface area contributed by atoms with Gasteiger partial charge >= 0.3 is 5.97 Å². The molecule has 1 rings (SSSR count). The second-order valence-corrected chi connectivity index (χ2v) is 4.47. The Labute approximate surface area is 111 Å². The maximum absolute atomic E-state index is 11.6. The van der Waals surface area contributed by atoms with E-state index in [9.17, 15) is 9.59 Å². The molecular formula is C13H16ClNO3. The van der Waals surface area contributed by atoms with Crippen LogP contribution in [0.4, 0.5) is 5.69 Å². The molecule has 0 aliphatic rings. The third-order valence-electron chi connectivity index (χ3n) is 2.26. The average Bonchev–Trinajstić information content (AvgIpc) is 2.31. The van der Waals surface area contributed by atoms with Gasteiger partial charge in [-0.2, -0.15) is 0 Å². The van der Waals surface area contributed by atoms with E-state index in [0.29, 0.717) is 22.9 Å². The summed E-state index contributed by atoms with van der Waals surface area (Å²) in [5.41, 5.74) is 0.779. The summed E-state index contributed by atoms with van der Waals surface area (Å²) in [6, 6.07) is 4.63. The van der Waals surface area contributed by atoms with Crippen molar-refractivity contribution >= 4 is 29.2 Å². The molecule has 0 aromatic heterocycles. The molecule has 0 heterocycles. The van der Waals surface area contributed by atoms with Gasteiger partial charge < -0.3 is 10.1 Å². The molecule has 0 unspecified atom stereocenters. The number of esters is 1. The lowest BCUT2D eigenvalue weighted by molar-refractivity contribution is -0.118. The van der Waals surface area contributed by atoms with Gasteiger partial charge in [0.25, 0.3) is 0 Å². The minimum atomic E-state index is -0.436. The Morgan fingerprint density at radius 1 is 1.39 bits per heavy atom. The molecule has 98 valence electrons. The Morgan fingerprint density at radius 3 is 2.61 bits per heavy atom. The predicted molar refractivity (Wildman–Crippen MR) is 70.9 cm³/mol. The van der Waals surface area contributed by atoms with Crippen LogP contribution in [0, 0.1) is 5.92 Å². The summed E-state index contributed by atoms with van der Waals surface area (Å²) in [4.78, 5) is 23.1. The third kappa shape index (κ3) is 3.74. The van der Waals surface area contributed by atoms with Gasteiger partial charge in [-0.25, -0.2) is 4.79 Å². The summed E-state index contributed by atoms with van der Waals surface area (Å²) in [5.74, 6) is -0.751. The number of hydrogen-bond donors (Lipinski definition) is 1. The minimum Gasteiger partial charge on any atom is -0.462 e. The van der Waals surface area contributed by atoms with Gasteiger partial charge in [0.1, 0.15) is 0 Å². The zero-order valence-electron chi connectivity index (χ0n) is 10.6. The summed E-state index contributed by atoms with van der Waals surface area (Å²) in [5, 5.41) is 3.05. The van der Waals surface area contributed by atoms with E-state index in [2.05, 4.69) is 5.32 Å². The lowest BCUT2D eigenvalue weighted by Crippen LogP contribution is -2.18. The monoisotopic (exact) mass is 269 g/mol. The van der Waals surface area contributed by atoms with Crippen LogP contribution in [0.15, 0.2) is 18.2 Å². The second kappa shape index (κ2) is 6.40. The number of carbonyl (C=O) groups excluding carboxylic acids is 2. The van der Waals surface area contributed by atoms with Crippen molar-refractivity contribution in [3.8, 4) is 0 Å². The van der Waals surface area contributed by atoms with E-state index < -0.39 is 5.97 Å². The van der Waals surface area contributed by atoms with Crippen LogP contribution in [0.2, 0.25) is 5.02 Å². The molecule has 0 aliphatic carbocycles. The van der Waals surface area contributed by atoms with Crippen molar-refractivity contribution in [3.63, 3.8) is 0 Å². The highest BCUT2D eigenvalue weighted by Gasteiger charge is 2.13. The Balaban J connectivity index is 2.94. The van der Waals surface area contributed by atoms with E-state index in [1.54, 1.807) is 32.9 Å². The quantitative estimate of drug-likeness (QED) is 0.855. The molecule has 0 radical (unpaired) electrons. The number of anilines is 1. The fourth-order valence-electron chi connectivity index (χ4n) is 1.24. The second-order valence-electron chi connectivity index (χ2n) is 4.06. The fourth-order valence-corrected chi connectivity index (χ4v) is 1.40. The molecule has 0 fully saturated rings. The minimum absolute atomic E-state index is 0.155. The highest BCUT2D eigenvalue weighted by molar-refractivity contribution is 6.33. The van der Waals surface area contributed by atoms with Gasteiger partial charge in [-0.1, -0.05) is 25.4 Å². The van der Waals surface area contributed by atoms with Crippen LogP contribution in [0.1, 0.15) is 31.1 Å². The van der Waals surface area contributed by atoms with E-state index in [1.807, 2.05) is 0 Å². The van der Waals surface area contributed by atoms with Crippen molar-refractivity contribution in [2.24, 2.45) is 5.92 Å². The lowest BCUT2D eigenvalue weighted by Gasteiger charge is -2.10. The van der Waals surface area contributed by atoms with E-state index in [4.69, 9.17) is 16.3 Å². The van der Waals surface area contributed by atoms with E-state index in [1.165, 1.54) is 6.07 Å². The van der Waals surface area contributed by atoms with Gasteiger partial charge in [0.05, 0.1) is 22.9 Å². The van der Waals surface area contributed by atoms with Gasteiger partial charge in [0, 0.05) is 5.92 Å². The first-order valence-electron chi connectivity index (χ1n) is 5.73. The van der Waals surface area contributed by atoms with Crippen molar-refractivity contribution in [2.75, 3.05) is 11.9 Å². The number of halogens is 1. The van der Waals surface area contributed by atoms with Crippen molar-refractivity contribution in [1.29, 1.82) is 0 Å². The first kappa shape index (κ1) is 14.5.